The summed E-state index contributed by atoms with van der Waals surface area (Å²) in [5.41, 5.74) is -0.323. The predicted molar refractivity (Wildman–Crippen MR) is 108 cm³/mol. The first-order valence-electron chi connectivity index (χ1n) is 8.72. The fourth-order valence-electron chi connectivity index (χ4n) is 2.75. The third-order valence-corrected chi connectivity index (χ3v) is 4.77. The standard InChI is InChI=1S/C21H17BrF3NO4/c1-29-16-7-5-13(6-8-16)12-30-19-11-26(15-4-2-3-14(22)9-15)17(10-18(19)27)20(28)21(23,24)25/h2-11,20,28H,12H2,1H3. The van der Waals surface area contributed by atoms with E-state index >= 15 is 0 Å². The topological polar surface area (TPSA) is 60.7 Å². The maximum atomic E-state index is 13.2. The summed E-state index contributed by atoms with van der Waals surface area (Å²) in [5, 5.41) is 9.79. The Bertz CT molecular complexity index is 1080. The predicted octanol–water partition coefficient (Wildman–Crippen LogP) is 4.78. The Morgan fingerprint density at radius 3 is 2.43 bits per heavy atom. The summed E-state index contributed by atoms with van der Waals surface area (Å²) in [4.78, 5) is 12.4. The highest BCUT2D eigenvalue weighted by molar-refractivity contribution is 9.10. The number of nitrogens with zero attached hydrogens (tertiary/aromatic N) is 1. The lowest BCUT2D eigenvalue weighted by Gasteiger charge is -2.21. The number of methoxy groups -OCH3 is 1. The van der Waals surface area contributed by atoms with Gasteiger partial charge in [0.1, 0.15) is 12.4 Å². The Morgan fingerprint density at radius 1 is 1.13 bits per heavy atom. The molecular weight excluding hydrogens is 467 g/mol. The lowest BCUT2D eigenvalue weighted by Crippen LogP contribution is -2.26. The second-order valence-corrected chi connectivity index (χ2v) is 7.27. The van der Waals surface area contributed by atoms with Crippen LogP contribution in [0.4, 0.5) is 13.2 Å². The first-order chi connectivity index (χ1) is 14.2. The number of aliphatic hydroxyl groups excluding tert-OH is 1. The van der Waals surface area contributed by atoms with E-state index in [2.05, 4.69) is 15.9 Å². The van der Waals surface area contributed by atoms with Crippen molar-refractivity contribution in [3.63, 3.8) is 0 Å². The minimum Gasteiger partial charge on any atom is -0.497 e. The molecule has 158 valence electrons. The monoisotopic (exact) mass is 483 g/mol. The van der Waals surface area contributed by atoms with E-state index in [1.807, 2.05) is 0 Å². The molecule has 0 aliphatic carbocycles. The quantitative estimate of drug-likeness (QED) is 0.547. The van der Waals surface area contributed by atoms with Crippen molar-refractivity contribution in [2.75, 3.05) is 7.11 Å². The SMILES string of the molecule is COc1ccc(COc2cn(-c3cccc(Br)c3)c(C(O)C(F)(F)F)cc2=O)cc1. The zero-order valence-electron chi connectivity index (χ0n) is 15.7. The maximum absolute atomic E-state index is 13.2. The van der Waals surface area contributed by atoms with Crippen LogP contribution in [-0.4, -0.2) is 23.0 Å². The highest BCUT2D eigenvalue weighted by Crippen LogP contribution is 2.34. The van der Waals surface area contributed by atoms with Crippen LogP contribution in [0.2, 0.25) is 0 Å². The molecule has 3 rings (SSSR count). The molecule has 30 heavy (non-hydrogen) atoms. The maximum Gasteiger partial charge on any atom is 0.420 e. The number of rotatable bonds is 6. The van der Waals surface area contributed by atoms with Crippen LogP contribution in [0.3, 0.4) is 0 Å². The van der Waals surface area contributed by atoms with E-state index in [-0.39, 0.29) is 12.4 Å². The fraction of sp³-hybridized carbons (Fsp3) is 0.190. The minimum absolute atomic E-state index is 0.0267. The molecule has 0 bridgehead atoms. The molecule has 1 atom stereocenters. The van der Waals surface area contributed by atoms with Gasteiger partial charge in [-0.1, -0.05) is 34.1 Å². The number of ether oxygens (including phenoxy) is 2. The van der Waals surface area contributed by atoms with Crippen LogP contribution in [0, 0.1) is 0 Å². The van der Waals surface area contributed by atoms with Crippen LogP contribution in [-0.2, 0) is 6.61 Å². The first kappa shape index (κ1) is 21.9. The molecule has 0 saturated carbocycles. The van der Waals surface area contributed by atoms with Gasteiger partial charge in [0.05, 0.1) is 19.0 Å². The molecular formula is C21H17BrF3NO4. The summed E-state index contributed by atoms with van der Waals surface area (Å²) in [6, 6.07) is 14.1. The molecule has 0 aliphatic rings. The summed E-state index contributed by atoms with van der Waals surface area (Å²) in [7, 11) is 1.53. The van der Waals surface area contributed by atoms with Crippen molar-refractivity contribution in [1.29, 1.82) is 0 Å². The second-order valence-electron chi connectivity index (χ2n) is 6.36. The van der Waals surface area contributed by atoms with E-state index in [9.17, 15) is 23.1 Å². The van der Waals surface area contributed by atoms with Crippen LogP contribution in [0.1, 0.15) is 17.4 Å². The van der Waals surface area contributed by atoms with Crippen molar-refractivity contribution in [1.82, 2.24) is 4.57 Å². The van der Waals surface area contributed by atoms with Crippen LogP contribution >= 0.6 is 15.9 Å². The molecule has 0 fully saturated rings. The van der Waals surface area contributed by atoms with E-state index in [4.69, 9.17) is 9.47 Å². The molecule has 5 nitrogen and oxygen atoms in total. The Labute approximate surface area is 178 Å². The summed E-state index contributed by atoms with van der Waals surface area (Å²) < 4.78 is 51.8. The third kappa shape index (κ3) is 5.03. The average Bonchev–Trinajstić information content (AvgIpc) is 2.71. The summed E-state index contributed by atoms with van der Waals surface area (Å²) in [5.74, 6) is 0.505. The molecule has 3 aromatic rings. The molecule has 0 amide bonds. The van der Waals surface area contributed by atoms with Crippen LogP contribution in [0.5, 0.6) is 11.5 Å². The molecule has 2 aromatic carbocycles. The van der Waals surface area contributed by atoms with Crippen LogP contribution in [0.15, 0.2) is 70.1 Å². The van der Waals surface area contributed by atoms with Crippen molar-refractivity contribution in [2.45, 2.75) is 18.9 Å². The number of alkyl halides is 3. The Morgan fingerprint density at radius 2 is 1.83 bits per heavy atom. The van der Waals surface area contributed by atoms with Crippen molar-refractivity contribution in [3.05, 3.63) is 86.7 Å². The van der Waals surface area contributed by atoms with E-state index in [0.717, 1.165) is 22.4 Å². The number of pyridine rings is 1. The van der Waals surface area contributed by atoms with Gasteiger partial charge in [-0.2, -0.15) is 13.2 Å². The molecule has 9 heteroatoms. The normalized spacial score (nSPS) is 12.5. The second kappa shape index (κ2) is 8.93. The highest BCUT2D eigenvalue weighted by atomic mass is 79.9. The fourth-order valence-corrected chi connectivity index (χ4v) is 3.14. The molecule has 1 aromatic heterocycles. The Balaban J connectivity index is 2.00. The van der Waals surface area contributed by atoms with Gasteiger partial charge in [0.25, 0.3) is 0 Å². The Kier molecular flexibility index (Phi) is 6.52. The van der Waals surface area contributed by atoms with Gasteiger partial charge in [0, 0.05) is 16.2 Å². The van der Waals surface area contributed by atoms with Gasteiger partial charge in [-0.05, 0) is 35.9 Å². The minimum atomic E-state index is -4.94. The van der Waals surface area contributed by atoms with Gasteiger partial charge >= 0.3 is 6.18 Å². The molecule has 0 aliphatic heterocycles. The van der Waals surface area contributed by atoms with Crippen LogP contribution in [0.25, 0.3) is 5.69 Å². The van der Waals surface area contributed by atoms with Crippen molar-refractivity contribution >= 4 is 15.9 Å². The lowest BCUT2D eigenvalue weighted by molar-refractivity contribution is -0.208. The van der Waals surface area contributed by atoms with Gasteiger partial charge in [0.2, 0.25) is 5.43 Å². The van der Waals surface area contributed by atoms with E-state index in [1.54, 1.807) is 48.5 Å². The zero-order chi connectivity index (χ0) is 21.9. The van der Waals surface area contributed by atoms with Gasteiger partial charge in [0.15, 0.2) is 11.9 Å². The molecule has 0 spiro atoms. The molecule has 1 unspecified atom stereocenters. The highest BCUT2D eigenvalue weighted by Gasteiger charge is 2.41. The molecule has 0 radical (unpaired) electrons. The number of aromatic nitrogens is 1. The van der Waals surface area contributed by atoms with Crippen molar-refractivity contribution in [3.8, 4) is 17.2 Å². The first-order valence-corrected chi connectivity index (χ1v) is 9.51. The van der Waals surface area contributed by atoms with Gasteiger partial charge < -0.3 is 19.1 Å². The van der Waals surface area contributed by atoms with Gasteiger partial charge in [-0.15, -0.1) is 0 Å². The summed E-state index contributed by atoms with van der Waals surface area (Å²) in [6.07, 6.45) is -6.62. The zero-order valence-corrected chi connectivity index (χ0v) is 17.3. The van der Waals surface area contributed by atoms with Gasteiger partial charge in [-0.3, -0.25) is 4.79 Å². The number of hydrogen-bond donors (Lipinski definition) is 1. The number of hydrogen-bond acceptors (Lipinski definition) is 4. The number of benzene rings is 2. The van der Waals surface area contributed by atoms with E-state index < -0.39 is 23.4 Å². The van der Waals surface area contributed by atoms with E-state index in [1.165, 1.54) is 7.11 Å². The lowest BCUT2D eigenvalue weighted by atomic mass is 10.2. The Hall–Kier alpha value is -2.78. The average molecular weight is 484 g/mol. The third-order valence-electron chi connectivity index (χ3n) is 4.28. The number of aliphatic hydroxyl groups is 1. The summed E-state index contributed by atoms with van der Waals surface area (Å²) >= 11 is 3.27. The van der Waals surface area contributed by atoms with Crippen molar-refractivity contribution < 1.29 is 27.8 Å². The molecule has 1 heterocycles. The smallest absolute Gasteiger partial charge is 0.420 e. The van der Waals surface area contributed by atoms with Crippen molar-refractivity contribution in [2.24, 2.45) is 0 Å². The van der Waals surface area contributed by atoms with Crippen LogP contribution < -0.4 is 14.9 Å². The molecule has 1 N–H and O–H groups in total. The van der Waals surface area contributed by atoms with Gasteiger partial charge in [-0.25, -0.2) is 0 Å². The molecule has 0 saturated heterocycles. The van der Waals surface area contributed by atoms with E-state index in [0.29, 0.717) is 15.9 Å². The number of halogens is 4. The largest absolute Gasteiger partial charge is 0.497 e. The summed E-state index contributed by atoms with van der Waals surface area (Å²) in [6.45, 7) is 0.0267.